The van der Waals surface area contributed by atoms with Gasteiger partial charge in [-0.3, -0.25) is 0 Å². The summed E-state index contributed by atoms with van der Waals surface area (Å²) in [6.45, 7) is 0.588. The predicted octanol–water partition coefficient (Wildman–Crippen LogP) is 3.80. The quantitative estimate of drug-likeness (QED) is 0.916. The van der Waals surface area contributed by atoms with Crippen LogP contribution in [0.1, 0.15) is 11.1 Å². The lowest BCUT2D eigenvalue weighted by Gasteiger charge is -2.11. The normalized spacial score (nSPS) is 12.0. The molecule has 0 spiro atoms. The minimum atomic E-state index is -0.487. The van der Waals surface area contributed by atoms with E-state index in [4.69, 9.17) is 14.7 Å². The summed E-state index contributed by atoms with van der Waals surface area (Å²) >= 11 is 3.09. The van der Waals surface area contributed by atoms with Crippen LogP contribution in [-0.2, 0) is 6.54 Å². The minimum absolute atomic E-state index is 0.160. The number of nitrogens with zero attached hydrogens (tertiary/aromatic N) is 1. The summed E-state index contributed by atoms with van der Waals surface area (Å²) in [4.78, 5) is 0. The van der Waals surface area contributed by atoms with Gasteiger partial charge in [0.05, 0.1) is 15.7 Å². The maximum absolute atomic E-state index is 14.1. The van der Waals surface area contributed by atoms with E-state index in [9.17, 15) is 4.39 Å². The molecule has 21 heavy (non-hydrogen) atoms. The molecule has 2 aromatic rings. The highest BCUT2D eigenvalue weighted by atomic mass is 79.9. The van der Waals surface area contributed by atoms with E-state index in [1.165, 1.54) is 0 Å². The minimum Gasteiger partial charge on any atom is -0.454 e. The molecule has 1 heterocycles. The van der Waals surface area contributed by atoms with Crippen molar-refractivity contribution in [1.29, 1.82) is 5.26 Å². The van der Waals surface area contributed by atoms with Crippen molar-refractivity contribution in [3.05, 3.63) is 51.7 Å². The highest BCUT2D eigenvalue weighted by Gasteiger charge is 2.17. The molecule has 0 bridgehead atoms. The highest BCUT2D eigenvalue weighted by molar-refractivity contribution is 9.10. The number of para-hydroxylation sites is 1. The van der Waals surface area contributed by atoms with Crippen molar-refractivity contribution in [3.8, 4) is 17.6 Å². The van der Waals surface area contributed by atoms with Crippen molar-refractivity contribution in [2.24, 2.45) is 0 Å². The molecule has 0 amide bonds. The number of anilines is 1. The number of hydrogen-bond acceptors (Lipinski definition) is 4. The molecule has 2 aromatic carbocycles. The fraction of sp³-hybridized carbons (Fsp3) is 0.133. The monoisotopic (exact) mass is 348 g/mol. The number of hydrogen-bond donors (Lipinski definition) is 1. The summed E-state index contributed by atoms with van der Waals surface area (Å²) in [5.74, 6) is 0.882. The molecule has 0 saturated carbocycles. The first-order valence-corrected chi connectivity index (χ1v) is 6.99. The van der Waals surface area contributed by atoms with Gasteiger partial charge in [0, 0.05) is 12.1 Å². The lowest BCUT2D eigenvalue weighted by Crippen LogP contribution is -2.03. The van der Waals surface area contributed by atoms with Gasteiger partial charge in [0.25, 0.3) is 0 Å². The van der Waals surface area contributed by atoms with E-state index in [1.54, 1.807) is 12.1 Å². The van der Waals surface area contributed by atoms with Crippen LogP contribution in [0.15, 0.2) is 34.8 Å². The van der Waals surface area contributed by atoms with Gasteiger partial charge < -0.3 is 14.8 Å². The van der Waals surface area contributed by atoms with Gasteiger partial charge in [0.15, 0.2) is 17.3 Å². The van der Waals surface area contributed by atoms with Crippen molar-refractivity contribution >= 4 is 21.6 Å². The second-order valence-electron chi connectivity index (χ2n) is 4.40. The Kier molecular flexibility index (Phi) is 3.67. The molecule has 0 unspecified atom stereocenters. The summed E-state index contributed by atoms with van der Waals surface area (Å²) < 4.78 is 25.0. The second-order valence-corrected chi connectivity index (χ2v) is 5.20. The lowest BCUT2D eigenvalue weighted by molar-refractivity contribution is 0.173. The van der Waals surface area contributed by atoms with Gasteiger partial charge in [-0.15, -0.1) is 0 Å². The number of nitrogens with one attached hydrogen (secondary N) is 1. The molecular weight excluding hydrogens is 339 g/mol. The molecule has 4 nitrogen and oxygen atoms in total. The SMILES string of the molecule is N#Cc1ccc(NCc2cccc3c2OCO3)c(F)c1Br. The average molecular weight is 349 g/mol. The Balaban J connectivity index is 1.82. The van der Waals surface area contributed by atoms with Crippen LogP contribution in [0.25, 0.3) is 0 Å². The fourth-order valence-corrected chi connectivity index (χ4v) is 2.53. The molecule has 1 aliphatic heterocycles. The number of nitriles is 1. The number of rotatable bonds is 3. The predicted molar refractivity (Wildman–Crippen MR) is 78.7 cm³/mol. The van der Waals surface area contributed by atoms with E-state index in [1.807, 2.05) is 24.3 Å². The van der Waals surface area contributed by atoms with Gasteiger partial charge in [-0.2, -0.15) is 5.26 Å². The maximum Gasteiger partial charge on any atom is 0.231 e. The van der Waals surface area contributed by atoms with Crippen molar-refractivity contribution in [2.45, 2.75) is 6.54 Å². The Morgan fingerprint density at radius 1 is 1.29 bits per heavy atom. The van der Waals surface area contributed by atoms with Gasteiger partial charge in [-0.1, -0.05) is 12.1 Å². The summed E-state index contributed by atoms with van der Waals surface area (Å²) in [6, 6.07) is 10.6. The molecular formula is C15H10BrFN2O2. The Labute approximate surface area is 129 Å². The smallest absolute Gasteiger partial charge is 0.231 e. The van der Waals surface area contributed by atoms with Crippen LogP contribution in [-0.4, -0.2) is 6.79 Å². The molecule has 0 saturated heterocycles. The van der Waals surface area contributed by atoms with Crippen LogP contribution < -0.4 is 14.8 Å². The van der Waals surface area contributed by atoms with Gasteiger partial charge in [0.1, 0.15) is 6.07 Å². The third kappa shape index (κ3) is 2.52. The molecule has 0 aliphatic carbocycles. The number of halogens is 2. The molecule has 106 valence electrons. The Morgan fingerprint density at radius 3 is 2.95 bits per heavy atom. The lowest BCUT2D eigenvalue weighted by atomic mass is 10.1. The van der Waals surface area contributed by atoms with Crippen molar-refractivity contribution < 1.29 is 13.9 Å². The topological polar surface area (TPSA) is 54.3 Å². The summed E-state index contributed by atoms with van der Waals surface area (Å²) in [5.41, 5.74) is 1.46. The third-order valence-corrected chi connectivity index (χ3v) is 3.93. The van der Waals surface area contributed by atoms with Crippen LogP contribution in [0.3, 0.4) is 0 Å². The van der Waals surface area contributed by atoms with E-state index in [0.29, 0.717) is 23.7 Å². The number of fused-ring (bicyclic) bond motifs is 1. The van der Waals surface area contributed by atoms with Gasteiger partial charge in [-0.25, -0.2) is 4.39 Å². The Morgan fingerprint density at radius 2 is 2.14 bits per heavy atom. The van der Waals surface area contributed by atoms with Crippen LogP contribution in [0, 0.1) is 17.1 Å². The van der Waals surface area contributed by atoms with E-state index in [0.717, 1.165) is 5.56 Å². The molecule has 1 aliphatic rings. The first-order valence-electron chi connectivity index (χ1n) is 6.20. The number of ether oxygens (including phenoxy) is 2. The van der Waals surface area contributed by atoms with Gasteiger partial charge >= 0.3 is 0 Å². The van der Waals surface area contributed by atoms with Crippen LogP contribution >= 0.6 is 15.9 Å². The molecule has 0 fully saturated rings. The van der Waals surface area contributed by atoms with Crippen molar-refractivity contribution in [2.75, 3.05) is 12.1 Å². The van der Waals surface area contributed by atoms with Crippen molar-refractivity contribution in [1.82, 2.24) is 0 Å². The zero-order chi connectivity index (χ0) is 14.8. The molecule has 6 heteroatoms. The summed E-state index contributed by atoms with van der Waals surface area (Å²) in [6.07, 6.45) is 0. The summed E-state index contributed by atoms with van der Waals surface area (Å²) in [5, 5.41) is 11.9. The zero-order valence-electron chi connectivity index (χ0n) is 10.8. The zero-order valence-corrected chi connectivity index (χ0v) is 12.4. The fourth-order valence-electron chi connectivity index (χ4n) is 2.09. The standard InChI is InChI=1S/C15H10BrFN2O2/c16-13-9(6-18)4-5-11(14(13)17)19-7-10-2-1-3-12-15(10)21-8-20-12/h1-5,19H,7-8H2. The first-order chi connectivity index (χ1) is 10.2. The van der Waals surface area contributed by atoms with Crippen LogP contribution in [0.2, 0.25) is 0 Å². The van der Waals surface area contributed by atoms with Gasteiger partial charge in [0.2, 0.25) is 6.79 Å². The van der Waals surface area contributed by atoms with E-state index in [2.05, 4.69) is 21.2 Å². The second kappa shape index (κ2) is 5.62. The molecule has 0 atom stereocenters. The Hall–Kier alpha value is -2.26. The van der Waals surface area contributed by atoms with Crippen LogP contribution in [0.4, 0.5) is 10.1 Å². The third-order valence-electron chi connectivity index (χ3n) is 3.15. The van der Waals surface area contributed by atoms with E-state index in [-0.39, 0.29) is 16.8 Å². The summed E-state index contributed by atoms with van der Waals surface area (Å²) in [7, 11) is 0. The largest absolute Gasteiger partial charge is 0.454 e. The molecule has 0 radical (unpaired) electrons. The first kappa shape index (κ1) is 13.7. The van der Waals surface area contributed by atoms with Crippen molar-refractivity contribution in [3.63, 3.8) is 0 Å². The molecule has 0 aromatic heterocycles. The molecule has 3 rings (SSSR count). The van der Waals surface area contributed by atoms with E-state index < -0.39 is 5.82 Å². The average Bonchev–Trinajstić information content (AvgIpc) is 2.98. The Bertz CT molecular complexity index is 743. The van der Waals surface area contributed by atoms with Crippen LogP contribution in [0.5, 0.6) is 11.5 Å². The molecule has 1 N–H and O–H groups in total. The number of benzene rings is 2. The highest BCUT2D eigenvalue weighted by Crippen LogP contribution is 2.36. The van der Waals surface area contributed by atoms with Gasteiger partial charge in [-0.05, 0) is 34.1 Å². The van der Waals surface area contributed by atoms with E-state index >= 15 is 0 Å². The maximum atomic E-state index is 14.1.